The molecule has 100 valence electrons. The SMILES string of the molecule is Cc1cc(NN)ccc1C(=O)Nc1c(C)n[nH]c1C. The summed E-state index contributed by atoms with van der Waals surface area (Å²) < 4.78 is 0. The number of nitrogens with zero attached hydrogens (tertiary/aromatic N) is 1. The van der Waals surface area contributed by atoms with Crippen molar-refractivity contribution < 1.29 is 4.79 Å². The van der Waals surface area contributed by atoms with Crippen molar-refractivity contribution in [1.29, 1.82) is 0 Å². The van der Waals surface area contributed by atoms with Crippen LogP contribution in [-0.4, -0.2) is 16.1 Å². The van der Waals surface area contributed by atoms with Gasteiger partial charge < -0.3 is 10.7 Å². The Morgan fingerprint density at radius 3 is 2.58 bits per heavy atom. The highest BCUT2D eigenvalue weighted by Gasteiger charge is 2.13. The number of aromatic amines is 1. The highest BCUT2D eigenvalue weighted by molar-refractivity contribution is 6.06. The van der Waals surface area contributed by atoms with E-state index in [0.29, 0.717) is 5.56 Å². The summed E-state index contributed by atoms with van der Waals surface area (Å²) in [6.45, 7) is 5.57. The molecule has 1 aromatic heterocycles. The third-order valence-corrected chi connectivity index (χ3v) is 3.00. The number of hydrogen-bond acceptors (Lipinski definition) is 4. The Morgan fingerprint density at radius 2 is 2.05 bits per heavy atom. The average Bonchev–Trinajstić information content (AvgIpc) is 2.70. The molecular formula is C13H17N5O. The summed E-state index contributed by atoms with van der Waals surface area (Å²) in [5.74, 6) is 5.17. The quantitative estimate of drug-likeness (QED) is 0.500. The van der Waals surface area contributed by atoms with E-state index in [1.165, 1.54) is 0 Å². The molecule has 5 N–H and O–H groups in total. The number of benzene rings is 1. The van der Waals surface area contributed by atoms with E-state index in [0.717, 1.165) is 28.3 Å². The Bertz CT molecular complexity index is 598. The molecule has 0 fully saturated rings. The Kier molecular flexibility index (Phi) is 3.52. The van der Waals surface area contributed by atoms with E-state index >= 15 is 0 Å². The molecule has 6 heteroatoms. The number of rotatable bonds is 3. The Hall–Kier alpha value is -2.34. The lowest BCUT2D eigenvalue weighted by atomic mass is 10.1. The van der Waals surface area contributed by atoms with Crippen LogP contribution >= 0.6 is 0 Å². The first-order valence-corrected chi connectivity index (χ1v) is 5.93. The molecule has 0 aliphatic carbocycles. The van der Waals surface area contributed by atoms with Crippen molar-refractivity contribution in [2.45, 2.75) is 20.8 Å². The van der Waals surface area contributed by atoms with E-state index in [1.54, 1.807) is 12.1 Å². The van der Waals surface area contributed by atoms with Gasteiger partial charge in [-0.05, 0) is 44.5 Å². The molecule has 0 aliphatic heterocycles. The molecule has 0 atom stereocenters. The Labute approximate surface area is 111 Å². The zero-order valence-electron chi connectivity index (χ0n) is 11.2. The summed E-state index contributed by atoms with van der Waals surface area (Å²) in [5, 5.41) is 9.75. The van der Waals surface area contributed by atoms with Gasteiger partial charge in [-0.25, -0.2) is 0 Å². The number of nitrogens with two attached hydrogens (primary N) is 1. The van der Waals surface area contributed by atoms with Crippen molar-refractivity contribution in [3.05, 3.63) is 40.7 Å². The van der Waals surface area contributed by atoms with Crippen LogP contribution in [0.5, 0.6) is 0 Å². The van der Waals surface area contributed by atoms with Gasteiger partial charge in [0.05, 0.1) is 17.1 Å². The molecule has 0 saturated carbocycles. The van der Waals surface area contributed by atoms with E-state index in [4.69, 9.17) is 5.84 Å². The smallest absolute Gasteiger partial charge is 0.256 e. The van der Waals surface area contributed by atoms with Gasteiger partial charge in [-0.15, -0.1) is 0 Å². The van der Waals surface area contributed by atoms with Crippen LogP contribution in [0.25, 0.3) is 0 Å². The minimum absolute atomic E-state index is 0.159. The lowest BCUT2D eigenvalue weighted by Crippen LogP contribution is -2.15. The highest BCUT2D eigenvalue weighted by atomic mass is 16.1. The largest absolute Gasteiger partial charge is 0.324 e. The van der Waals surface area contributed by atoms with Gasteiger partial charge in [-0.2, -0.15) is 5.10 Å². The molecule has 0 bridgehead atoms. The number of nitrogens with one attached hydrogen (secondary N) is 3. The fourth-order valence-electron chi connectivity index (χ4n) is 1.92. The number of nitrogen functional groups attached to an aromatic ring is 1. The zero-order valence-corrected chi connectivity index (χ0v) is 11.2. The first-order valence-electron chi connectivity index (χ1n) is 5.93. The fourth-order valence-corrected chi connectivity index (χ4v) is 1.92. The summed E-state index contributed by atoms with van der Waals surface area (Å²) in [7, 11) is 0. The number of hydrazine groups is 1. The second kappa shape index (κ2) is 5.11. The predicted octanol–water partition coefficient (Wildman–Crippen LogP) is 1.87. The van der Waals surface area contributed by atoms with Crippen molar-refractivity contribution in [2.24, 2.45) is 5.84 Å². The van der Waals surface area contributed by atoms with Crippen LogP contribution in [0.1, 0.15) is 27.3 Å². The molecule has 6 nitrogen and oxygen atoms in total. The summed E-state index contributed by atoms with van der Waals surface area (Å²) in [5.41, 5.74) is 7.11. The van der Waals surface area contributed by atoms with E-state index in [9.17, 15) is 4.79 Å². The van der Waals surface area contributed by atoms with Gasteiger partial charge in [0.15, 0.2) is 0 Å². The standard InChI is InChI=1S/C13H17N5O/c1-7-6-10(16-14)4-5-11(7)13(19)15-12-8(2)17-18-9(12)3/h4-6,16H,14H2,1-3H3,(H,15,19)(H,17,18). The maximum atomic E-state index is 12.2. The lowest BCUT2D eigenvalue weighted by molar-refractivity contribution is 0.102. The maximum absolute atomic E-state index is 12.2. The summed E-state index contributed by atoms with van der Waals surface area (Å²) in [4.78, 5) is 12.2. The number of aryl methyl sites for hydroxylation is 3. The van der Waals surface area contributed by atoms with Crippen molar-refractivity contribution in [3.8, 4) is 0 Å². The molecule has 0 unspecified atom stereocenters. The summed E-state index contributed by atoms with van der Waals surface area (Å²) >= 11 is 0. The normalized spacial score (nSPS) is 10.3. The van der Waals surface area contributed by atoms with Gasteiger partial charge in [0.2, 0.25) is 0 Å². The van der Waals surface area contributed by atoms with Crippen LogP contribution in [0.2, 0.25) is 0 Å². The zero-order chi connectivity index (χ0) is 14.0. The van der Waals surface area contributed by atoms with Crippen LogP contribution in [0.3, 0.4) is 0 Å². The lowest BCUT2D eigenvalue weighted by Gasteiger charge is -2.09. The number of hydrogen-bond donors (Lipinski definition) is 4. The first-order chi connectivity index (χ1) is 9.02. The van der Waals surface area contributed by atoms with Crippen molar-refractivity contribution in [3.63, 3.8) is 0 Å². The van der Waals surface area contributed by atoms with Gasteiger partial charge in [0.1, 0.15) is 0 Å². The fraction of sp³-hybridized carbons (Fsp3) is 0.231. The van der Waals surface area contributed by atoms with Crippen molar-refractivity contribution in [2.75, 3.05) is 10.7 Å². The topological polar surface area (TPSA) is 95.8 Å². The van der Waals surface area contributed by atoms with Gasteiger partial charge in [-0.3, -0.25) is 15.7 Å². The van der Waals surface area contributed by atoms with Gasteiger partial charge in [-0.1, -0.05) is 0 Å². The predicted molar refractivity (Wildman–Crippen MR) is 75.0 cm³/mol. The number of anilines is 2. The van der Waals surface area contributed by atoms with Gasteiger partial charge in [0.25, 0.3) is 5.91 Å². The number of carbonyl (C=O) groups is 1. The van der Waals surface area contributed by atoms with Crippen molar-refractivity contribution in [1.82, 2.24) is 10.2 Å². The monoisotopic (exact) mass is 259 g/mol. The molecule has 0 radical (unpaired) electrons. The van der Waals surface area contributed by atoms with Crippen LogP contribution in [-0.2, 0) is 0 Å². The van der Waals surface area contributed by atoms with Crippen LogP contribution in [0.15, 0.2) is 18.2 Å². The van der Waals surface area contributed by atoms with E-state index < -0.39 is 0 Å². The molecule has 0 spiro atoms. The minimum Gasteiger partial charge on any atom is -0.324 e. The number of H-pyrrole nitrogens is 1. The highest BCUT2D eigenvalue weighted by Crippen LogP contribution is 2.19. The van der Waals surface area contributed by atoms with Gasteiger partial charge >= 0.3 is 0 Å². The van der Waals surface area contributed by atoms with E-state index in [2.05, 4.69) is 20.9 Å². The number of amides is 1. The number of aromatic nitrogens is 2. The average molecular weight is 259 g/mol. The summed E-state index contributed by atoms with van der Waals surface area (Å²) in [6, 6.07) is 5.33. The molecule has 1 amide bonds. The summed E-state index contributed by atoms with van der Waals surface area (Å²) in [6.07, 6.45) is 0. The minimum atomic E-state index is -0.159. The molecule has 0 aliphatic rings. The first kappa shape index (κ1) is 13.1. The third-order valence-electron chi connectivity index (χ3n) is 3.00. The second-order valence-corrected chi connectivity index (χ2v) is 4.44. The molecular weight excluding hydrogens is 242 g/mol. The van der Waals surface area contributed by atoms with Crippen LogP contribution in [0, 0.1) is 20.8 Å². The van der Waals surface area contributed by atoms with Crippen LogP contribution in [0.4, 0.5) is 11.4 Å². The maximum Gasteiger partial charge on any atom is 0.256 e. The van der Waals surface area contributed by atoms with Gasteiger partial charge in [0, 0.05) is 11.3 Å². The Balaban J connectivity index is 2.26. The van der Waals surface area contributed by atoms with E-state index in [1.807, 2.05) is 26.8 Å². The molecule has 2 aromatic rings. The third kappa shape index (κ3) is 2.58. The molecule has 1 heterocycles. The Morgan fingerprint density at radius 1 is 1.32 bits per heavy atom. The number of carbonyl (C=O) groups excluding carboxylic acids is 1. The van der Waals surface area contributed by atoms with Crippen LogP contribution < -0.4 is 16.6 Å². The molecule has 0 saturated heterocycles. The molecule has 19 heavy (non-hydrogen) atoms. The second-order valence-electron chi connectivity index (χ2n) is 4.44. The van der Waals surface area contributed by atoms with Crippen molar-refractivity contribution >= 4 is 17.3 Å². The molecule has 2 rings (SSSR count). The molecule has 1 aromatic carbocycles. The van der Waals surface area contributed by atoms with E-state index in [-0.39, 0.29) is 5.91 Å².